The third-order valence-electron chi connectivity index (χ3n) is 3.03. The van der Waals surface area contributed by atoms with Gasteiger partial charge in [-0.3, -0.25) is 0 Å². The summed E-state index contributed by atoms with van der Waals surface area (Å²) in [5.74, 6) is 1.39. The molecule has 0 aromatic carbocycles. The van der Waals surface area contributed by atoms with Crippen molar-refractivity contribution in [3.63, 3.8) is 0 Å². The van der Waals surface area contributed by atoms with Crippen LogP contribution in [0.15, 0.2) is 16.9 Å². The van der Waals surface area contributed by atoms with E-state index in [0.29, 0.717) is 23.3 Å². The van der Waals surface area contributed by atoms with Gasteiger partial charge in [-0.1, -0.05) is 19.0 Å². The lowest BCUT2D eigenvalue weighted by Crippen LogP contribution is -2.25. The van der Waals surface area contributed by atoms with Crippen LogP contribution >= 0.6 is 0 Å². The molecule has 2 aromatic rings. The normalized spacial score (nSPS) is 14.1. The van der Waals surface area contributed by atoms with Crippen LogP contribution in [0.25, 0.3) is 11.5 Å². The first kappa shape index (κ1) is 13.4. The van der Waals surface area contributed by atoms with Crippen LogP contribution < -0.4 is 10.5 Å². The average Bonchev–Trinajstić information content (AvgIpc) is 2.95. The smallest absolute Gasteiger partial charge is 0.231 e. The van der Waals surface area contributed by atoms with Crippen LogP contribution in [-0.2, 0) is 0 Å². The van der Waals surface area contributed by atoms with E-state index in [1.54, 1.807) is 6.07 Å². The lowest BCUT2D eigenvalue weighted by molar-refractivity contribution is 0.340. The first-order valence-corrected chi connectivity index (χ1v) is 6.11. The fourth-order valence-corrected chi connectivity index (χ4v) is 1.63. The molecule has 7 nitrogen and oxygen atoms in total. The molecule has 19 heavy (non-hydrogen) atoms. The Morgan fingerprint density at radius 2 is 2.21 bits per heavy atom. The van der Waals surface area contributed by atoms with Crippen molar-refractivity contribution in [3.8, 4) is 17.4 Å². The van der Waals surface area contributed by atoms with Crippen molar-refractivity contribution in [2.24, 2.45) is 5.73 Å². The molecule has 0 bridgehead atoms. The molecular weight excluding hydrogens is 246 g/mol. The second kappa shape index (κ2) is 5.75. The molecule has 2 atom stereocenters. The number of hydrogen-bond acceptors (Lipinski definition) is 7. The van der Waals surface area contributed by atoms with Gasteiger partial charge in [0.25, 0.3) is 0 Å². The molecule has 102 valence electrons. The Hall–Kier alpha value is -2.02. The first-order chi connectivity index (χ1) is 9.15. The third kappa shape index (κ3) is 2.87. The number of nitrogens with two attached hydrogens (primary N) is 1. The molecule has 2 aromatic heterocycles. The molecule has 0 fully saturated rings. The molecule has 0 saturated heterocycles. The van der Waals surface area contributed by atoms with Crippen LogP contribution in [0.3, 0.4) is 0 Å². The van der Waals surface area contributed by atoms with E-state index in [4.69, 9.17) is 15.0 Å². The second-order valence-electron chi connectivity index (χ2n) is 4.26. The average molecular weight is 263 g/mol. The van der Waals surface area contributed by atoms with Crippen molar-refractivity contribution in [2.75, 3.05) is 7.11 Å². The minimum Gasteiger partial charge on any atom is -0.481 e. The highest BCUT2D eigenvalue weighted by Gasteiger charge is 2.20. The van der Waals surface area contributed by atoms with Crippen molar-refractivity contribution in [3.05, 3.63) is 18.3 Å². The van der Waals surface area contributed by atoms with E-state index in [-0.39, 0.29) is 12.0 Å². The number of ether oxygens (including phenoxy) is 1. The van der Waals surface area contributed by atoms with Gasteiger partial charge in [0.15, 0.2) is 0 Å². The lowest BCUT2D eigenvalue weighted by atomic mass is 10.0. The van der Waals surface area contributed by atoms with Crippen molar-refractivity contribution < 1.29 is 9.26 Å². The summed E-state index contributed by atoms with van der Waals surface area (Å²) in [6.07, 6.45) is 2.24. The molecule has 0 spiro atoms. The van der Waals surface area contributed by atoms with Crippen molar-refractivity contribution >= 4 is 0 Å². The maximum absolute atomic E-state index is 5.97. The van der Waals surface area contributed by atoms with Crippen LogP contribution in [0.5, 0.6) is 5.88 Å². The van der Waals surface area contributed by atoms with Crippen molar-refractivity contribution in [1.29, 1.82) is 0 Å². The Labute approximate surface area is 111 Å². The highest BCUT2D eigenvalue weighted by atomic mass is 16.5. The van der Waals surface area contributed by atoms with Crippen LogP contribution in [0.4, 0.5) is 0 Å². The van der Waals surface area contributed by atoms with Gasteiger partial charge in [0.1, 0.15) is 12.0 Å². The summed E-state index contributed by atoms with van der Waals surface area (Å²) in [7, 11) is 1.54. The predicted octanol–water partition coefficient (Wildman–Crippen LogP) is 1.38. The number of rotatable bonds is 5. The van der Waals surface area contributed by atoms with Crippen LogP contribution in [-0.4, -0.2) is 33.3 Å². The fraction of sp³-hybridized carbons (Fsp3) is 0.500. The van der Waals surface area contributed by atoms with Crippen LogP contribution in [0.2, 0.25) is 0 Å². The van der Waals surface area contributed by atoms with Gasteiger partial charge in [0.05, 0.1) is 13.0 Å². The van der Waals surface area contributed by atoms with Gasteiger partial charge in [0.2, 0.25) is 17.6 Å². The molecule has 0 aliphatic carbocycles. The summed E-state index contributed by atoms with van der Waals surface area (Å²) in [6, 6.07) is 1.65. The Morgan fingerprint density at radius 1 is 1.42 bits per heavy atom. The topological polar surface area (TPSA) is 100.0 Å². The quantitative estimate of drug-likeness (QED) is 0.869. The summed E-state index contributed by atoms with van der Waals surface area (Å²) >= 11 is 0. The van der Waals surface area contributed by atoms with E-state index in [9.17, 15) is 0 Å². The van der Waals surface area contributed by atoms with Gasteiger partial charge < -0.3 is 15.0 Å². The summed E-state index contributed by atoms with van der Waals surface area (Å²) in [4.78, 5) is 12.3. The standard InChI is InChI=1S/C12H17N5O2/c1-4-8(13)7(2)12-16-11(17-19-12)9-5-10(18-3)15-6-14-9/h5-8H,4,13H2,1-3H3. The SMILES string of the molecule is CCC(N)C(C)c1nc(-c2cc(OC)ncn2)no1. The number of methoxy groups -OCH3 is 1. The zero-order valence-electron chi connectivity index (χ0n) is 11.2. The zero-order chi connectivity index (χ0) is 13.8. The molecular formula is C12H17N5O2. The Morgan fingerprint density at radius 3 is 2.89 bits per heavy atom. The highest BCUT2D eigenvalue weighted by Crippen LogP contribution is 2.22. The second-order valence-corrected chi connectivity index (χ2v) is 4.26. The molecule has 0 amide bonds. The van der Waals surface area contributed by atoms with Gasteiger partial charge in [0, 0.05) is 12.1 Å². The van der Waals surface area contributed by atoms with E-state index < -0.39 is 0 Å². The molecule has 0 aliphatic rings. The van der Waals surface area contributed by atoms with Gasteiger partial charge >= 0.3 is 0 Å². The Bertz CT molecular complexity index is 542. The van der Waals surface area contributed by atoms with E-state index in [1.165, 1.54) is 13.4 Å². The van der Waals surface area contributed by atoms with E-state index in [1.807, 2.05) is 13.8 Å². The van der Waals surface area contributed by atoms with E-state index in [0.717, 1.165) is 6.42 Å². The van der Waals surface area contributed by atoms with Crippen molar-refractivity contribution in [2.45, 2.75) is 32.2 Å². The minimum atomic E-state index is -0.00626. The minimum absolute atomic E-state index is 0.00626. The summed E-state index contributed by atoms with van der Waals surface area (Å²) < 4.78 is 10.3. The molecule has 0 saturated carbocycles. The molecule has 0 radical (unpaired) electrons. The van der Waals surface area contributed by atoms with Gasteiger partial charge in [-0.05, 0) is 6.42 Å². The maximum Gasteiger partial charge on any atom is 0.231 e. The third-order valence-corrected chi connectivity index (χ3v) is 3.03. The van der Waals surface area contributed by atoms with Crippen LogP contribution in [0.1, 0.15) is 32.1 Å². The molecule has 2 N–H and O–H groups in total. The molecule has 2 rings (SSSR count). The summed E-state index contributed by atoms with van der Waals surface area (Å²) in [6.45, 7) is 3.99. The van der Waals surface area contributed by atoms with E-state index in [2.05, 4.69) is 20.1 Å². The molecule has 2 unspecified atom stereocenters. The molecule has 7 heteroatoms. The van der Waals surface area contributed by atoms with E-state index >= 15 is 0 Å². The number of hydrogen-bond donors (Lipinski definition) is 1. The number of nitrogens with zero attached hydrogens (tertiary/aromatic N) is 4. The van der Waals surface area contributed by atoms with Gasteiger partial charge in [-0.2, -0.15) is 4.98 Å². The zero-order valence-corrected chi connectivity index (χ0v) is 11.2. The summed E-state index contributed by atoms with van der Waals surface area (Å²) in [5.41, 5.74) is 6.52. The first-order valence-electron chi connectivity index (χ1n) is 6.11. The lowest BCUT2D eigenvalue weighted by Gasteiger charge is -2.13. The Balaban J connectivity index is 2.25. The number of aromatic nitrogens is 4. The Kier molecular flexibility index (Phi) is 4.06. The summed E-state index contributed by atoms with van der Waals surface area (Å²) in [5, 5.41) is 3.91. The fourth-order valence-electron chi connectivity index (χ4n) is 1.63. The van der Waals surface area contributed by atoms with Gasteiger partial charge in [-0.15, -0.1) is 0 Å². The highest BCUT2D eigenvalue weighted by molar-refractivity contribution is 5.49. The monoisotopic (exact) mass is 263 g/mol. The van der Waals surface area contributed by atoms with Crippen LogP contribution in [0, 0.1) is 0 Å². The maximum atomic E-state index is 5.97. The molecule has 0 aliphatic heterocycles. The predicted molar refractivity (Wildman–Crippen MR) is 68.6 cm³/mol. The van der Waals surface area contributed by atoms with Crippen molar-refractivity contribution in [1.82, 2.24) is 20.1 Å². The van der Waals surface area contributed by atoms with Gasteiger partial charge in [-0.25, -0.2) is 9.97 Å². The largest absolute Gasteiger partial charge is 0.481 e. The molecule has 2 heterocycles.